The number of benzene rings is 1. The maximum absolute atomic E-state index is 12.3. The standard InChI is InChI=1S/C16H25NO2S/c1-13(2)20(18)17-16(11-5-4-6-12-16)14-7-9-15(19-3)10-8-14/h7-10,13,17H,4-6,11-12H2,1-3H3. The Bertz CT molecular complexity index is 450. The van der Waals surface area contributed by atoms with Crippen LogP contribution in [0.25, 0.3) is 0 Å². The van der Waals surface area contributed by atoms with Crippen LogP contribution in [0.15, 0.2) is 24.3 Å². The van der Waals surface area contributed by atoms with Crippen LogP contribution in [0.5, 0.6) is 5.75 Å². The number of hydrogen-bond donors (Lipinski definition) is 1. The fourth-order valence-corrected chi connectivity index (χ4v) is 3.77. The monoisotopic (exact) mass is 295 g/mol. The van der Waals surface area contributed by atoms with Crippen molar-refractivity contribution in [2.45, 2.75) is 56.7 Å². The van der Waals surface area contributed by atoms with Crippen LogP contribution < -0.4 is 9.46 Å². The molecule has 1 atom stereocenters. The Morgan fingerprint density at radius 2 is 1.75 bits per heavy atom. The zero-order valence-electron chi connectivity index (χ0n) is 12.6. The molecule has 1 aromatic rings. The Kier molecular flexibility index (Phi) is 5.22. The van der Waals surface area contributed by atoms with Gasteiger partial charge in [0.15, 0.2) is 0 Å². The molecule has 20 heavy (non-hydrogen) atoms. The summed E-state index contributed by atoms with van der Waals surface area (Å²) in [6.07, 6.45) is 5.76. The molecule has 0 spiro atoms. The number of nitrogens with one attached hydrogen (secondary N) is 1. The highest BCUT2D eigenvalue weighted by molar-refractivity contribution is 7.83. The summed E-state index contributed by atoms with van der Waals surface area (Å²) >= 11 is 0. The van der Waals surface area contributed by atoms with E-state index in [2.05, 4.69) is 16.9 Å². The Morgan fingerprint density at radius 3 is 2.25 bits per heavy atom. The zero-order valence-corrected chi connectivity index (χ0v) is 13.5. The van der Waals surface area contributed by atoms with Crippen molar-refractivity contribution in [3.05, 3.63) is 29.8 Å². The molecule has 112 valence electrons. The van der Waals surface area contributed by atoms with Crippen LogP contribution in [-0.2, 0) is 16.5 Å². The summed E-state index contributed by atoms with van der Waals surface area (Å²) in [6.45, 7) is 3.99. The van der Waals surface area contributed by atoms with Gasteiger partial charge in [0.2, 0.25) is 0 Å². The van der Waals surface area contributed by atoms with Crippen molar-refractivity contribution in [1.82, 2.24) is 4.72 Å². The van der Waals surface area contributed by atoms with E-state index in [0.29, 0.717) is 0 Å². The molecule has 1 aromatic carbocycles. The molecule has 1 unspecified atom stereocenters. The second-order valence-electron chi connectivity index (χ2n) is 5.82. The third-order valence-corrected chi connectivity index (χ3v) is 5.52. The second kappa shape index (κ2) is 6.72. The van der Waals surface area contributed by atoms with Crippen LogP contribution >= 0.6 is 0 Å². The van der Waals surface area contributed by atoms with Gasteiger partial charge >= 0.3 is 0 Å². The summed E-state index contributed by atoms with van der Waals surface area (Å²) in [5.41, 5.74) is 1.09. The van der Waals surface area contributed by atoms with Gasteiger partial charge in [-0.2, -0.15) is 0 Å². The lowest BCUT2D eigenvalue weighted by Gasteiger charge is -2.38. The predicted octanol–water partition coefficient (Wildman–Crippen LogP) is 3.52. The summed E-state index contributed by atoms with van der Waals surface area (Å²) < 4.78 is 20.9. The molecule has 1 fully saturated rings. The van der Waals surface area contributed by atoms with Crippen molar-refractivity contribution in [1.29, 1.82) is 0 Å². The van der Waals surface area contributed by atoms with E-state index >= 15 is 0 Å². The summed E-state index contributed by atoms with van der Waals surface area (Å²) in [6, 6.07) is 8.20. The van der Waals surface area contributed by atoms with Crippen molar-refractivity contribution >= 4 is 11.0 Å². The first-order chi connectivity index (χ1) is 9.57. The van der Waals surface area contributed by atoms with E-state index in [9.17, 15) is 4.21 Å². The average Bonchev–Trinajstić information content (AvgIpc) is 2.48. The Morgan fingerprint density at radius 1 is 1.15 bits per heavy atom. The molecule has 0 heterocycles. The van der Waals surface area contributed by atoms with Gasteiger partial charge in [-0.15, -0.1) is 0 Å². The van der Waals surface area contributed by atoms with Crippen LogP contribution in [0.3, 0.4) is 0 Å². The van der Waals surface area contributed by atoms with Crippen LogP contribution in [0, 0.1) is 0 Å². The van der Waals surface area contributed by atoms with Crippen LogP contribution in [0.4, 0.5) is 0 Å². The molecule has 1 saturated carbocycles. The molecule has 0 amide bonds. The SMILES string of the molecule is COc1ccc(C2(NS(=O)C(C)C)CCCCC2)cc1. The topological polar surface area (TPSA) is 38.3 Å². The van der Waals surface area contributed by atoms with Gasteiger partial charge < -0.3 is 4.74 Å². The van der Waals surface area contributed by atoms with Crippen molar-refractivity contribution in [2.75, 3.05) is 7.11 Å². The highest BCUT2D eigenvalue weighted by atomic mass is 32.2. The number of hydrogen-bond acceptors (Lipinski definition) is 2. The van der Waals surface area contributed by atoms with Gasteiger partial charge in [0.1, 0.15) is 5.75 Å². The molecule has 0 bridgehead atoms. The molecule has 1 aliphatic rings. The second-order valence-corrected chi connectivity index (χ2v) is 7.56. The largest absolute Gasteiger partial charge is 0.497 e. The van der Waals surface area contributed by atoms with Crippen LogP contribution in [0.2, 0.25) is 0 Å². The van der Waals surface area contributed by atoms with E-state index in [-0.39, 0.29) is 10.8 Å². The Balaban J connectivity index is 2.27. The first-order valence-corrected chi connectivity index (χ1v) is 8.62. The molecule has 2 rings (SSSR count). The fraction of sp³-hybridized carbons (Fsp3) is 0.625. The van der Waals surface area contributed by atoms with E-state index in [4.69, 9.17) is 4.74 Å². The van der Waals surface area contributed by atoms with E-state index in [1.54, 1.807) is 7.11 Å². The normalized spacial score (nSPS) is 19.8. The highest BCUT2D eigenvalue weighted by Gasteiger charge is 2.35. The van der Waals surface area contributed by atoms with Gasteiger partial charge in [0.05, 0.1) is 23.6 Å². The lowest BCUT2D eigenvalue weighted by atomic mass is 9.77. The molecular formula is C16H25NO2S. The molecule has 0 radical (unpaired) electrons. The van der Waals surface area contributed by atoms with Crippen molar-refractivity contribution in [3.63, 3.8) is 0 Å². The van der Waals surface area contributed by atoms with Gasteiger partial charge in [0.25, 0.3) is 0 Å². The van der Waals surface area contributed by atoms with Crippen molar-refractivity contribution < 1.29 is 8.95 Å². The Labute approximate surface area is 124 Å². The molecule has 1 aliphatic carbocycles. The highest BCUT2D eigenvalue weighted by Crippen LogP contribution is 2.38. The zero-order chi connectivity index (χ0) is 14.6. The lowest BCUT2D eigenvalue weighted by Crippen LogP contribution is -2.46. The summed E-state index contributed by atoms with van der Waals surface area (Å²) in [7, 11) is 0.681. The number of methoxy groups -OCH3 is 1. The van der Waals surface area contributed by atoms with E-state index in [1.165, 1.54) is 24.8 Å². The van der Waals surface area contributed by atoms with Crippen LogP contribution in [-0.4, -0.2) is 16.6 Å². The lowest BCUT2D eigenvalue weighted by molar-refractivity contribution is 0.276. The fourth-order valence-electron chi connectivity index (χ4n) is 2.83. The number of rotatable bonds is 5. The van der Waals surface area contributed by atoms with Gasteiger partial charge in [0, 0.05) is 5.25 Å². The summed E-state index contributed by atoms with van der Waals surface area (Å²) in [5, 5.41) is 0.132. The Hall–Kier alpha value is -0.870. The molecule has 4 heteroatoms. The predicted molar refractivity (Wildman–Crippen MR) is 84.2 cm³/mol. The summed E-state index contributed by atoms with van der Waals surface area (Å²) in [5.74, 6) is 0.865. The van der Waals surface area contributed by atoms with E-state index in [1.807, 2.05) is 26.0 Å². The maximum atomic E-state index is 12.3. The van der Waals surface area contributed by atoms with Crippen LogP contribution in [0.1, 0.15) is 51.5 Å². The third kappa shape index (κ3) is 3.41. The first kappa shape index (κ1) is 15.5. The molecule has 0 saturated heterocycles. The van der Waals surface area contributed by atoms with Crippen molar-refractivity contribution in [3.8, 4) is 5.75 Å². The molecular weight excluding hydrogens is 270 g/mol. The smallest absolute Gasteiger partial charge is 0.118 e. The summed E-state index contributed by atoms with van der Waals surface area (Å²) in [4.78, 5) is 0. The average molecular weight is 295 g/mol. The number of ether oxygens (including phenoxy) is 1. The maximum Gasteiger partial charge on any atom is 0.118 e. The van der Waals surface area contributed by atoms with Gasteiger partial charge in [-0.1, -0.05) is 31.4 Å². The minimum Gasteiger partial charge on any atom is -0.497 e. The minimum atomic E-state index is -0.998. The van der Waals surface area contributed by atoms with E-state index < -0.39 is 11.0 Å². The van der Waals surface area contributed by atoms with Gasteiger partial charge in [-0.25, -0.2) is 8.93 Å². The minimum absolute atomic E-state index is 0.132. The third-order valence-electron chi connectivity index (χ3n) is 4.07. The van der Waals surface area contributed by atoms with E-state index in [0.717, 1.165) is 18.6 Å². The molecule has 3 nitrogen and oxygen atoms in total. The molecule has 1 N–H and O–H groups in total. The molecule has 0 aromatic heterocycles. The van der Waals surface area contributed by atoms with Gasteiger partial charge in [-0.3, -0.25) is 0 Å². The van der Waals surface area contributed by atoms with Gasteiger partial charge in [-0.05, 0) is 44.4 Å². The first-order valence-electron chi connectivity index (χ1n) is 7.40. The molecule has 0 aliphatic heterocycles. The quantitative estimate of drug-likeness (QED) is 0.902. The van der Waals surface area contributed by atoms with Crippen molar-refractivity contribution in [2.24, 2.45) is 0 Å².